The van der Waals surface area contributed by atoms with Gasteiger partial charge in [0, 0.05) is 58.3 Å². The Bertz CT molecular complexity index is 2990. The van der Waals surface area contributed by atoms with Crippen LogP contribution < -0.4 is 44.1 Å². The maximum absolute atomic E-state index is 10.8. The van der Waals surface area contributed by atoms with E-state index >= 15 is 0 Å². The molecule has 5 N–H and O–H groups in total. The summed E-state index contributed by atoms with van der Waals surface area (Å²) in [7, 11) is -1.10. The fourth-order valence-corrected chi connectivity index (χ4v) is 7.07. The van der Waals surface area contributed by atoms with E-state index in [0.717, 1.165) is 17.9 Å². The second kappa shape index (κ2) is 40.5. The summed E-state index contributed by atoms with van der Waals surface area (Å²) < 4.78 is 33.1. The minimum absolute atomic E-state index is 0. The van der Waals surface area contributed by atoms with Crippen molar-refractivity contribution < 1.29 is 102 Å². The number of aliphatic hydroxyl groups is 1. The Morgan fingerprint density at radius 2 is 1.06 bits per heavy atom. The van der Waals surface area contributed by atoms with Crippen molar-refractivity contribution >= 4 is 95.9 Å². The Labute approximate surface area is 546 Å². The molecule has 20 nitrogen and oxygen atoms in total. The molecule has 84 heavy (non-hydrogen) atoms. The number of carboxylic acid groups (broad SMARTS) is 2. The summed E-state index contributed by atoms with van der Waals surface area (Å²) in [5.41, 5.74) is 6.46. The minimum atomic E-state index is -1.27. The molecule has 26 heteroatoms. The molecule has 0 aliphatic heterocycles. The molecule has 3 heterocycles. The molecule has 4 aromatic carbocycles. The zero-order valence-electron chi connectivity index (χ0n) is 49.0. The molecule has 450 valence electrons. The number of terminal acetylenes is 1. The number of carbonyl (C=O) groups is 3. The average Bonchev–Trinajstić information content (AvgIpc) is 4.27. The zero-order valence-corrected chi connectivity index (χ0v) is 58.3. The molecule has 0 fully saturated rings. The number of esters is 1. The molecular formula is C58H70Br4N5NaO15Si. The van der Waals surface area contributed by atoms with Crippen LogP contribution in [-0.2, 0) is 19.1 Å². The maximum Gasteiger partial charge on any atom is 1.00 e. The number of hydrogen-bond donors (Lipinski definition) is 5. The van der Waals surface area contributed by atoms with Gasteiger partial charge in [0.2, 0.25) is 0 Å². The van der Waals surface area contributed by atoms with Crippen LogP contribution in [-0.4, -0.2) is 122 Å². The fourth-order valence-electron chi connectivity index (χ4n) is 5.61. The van der Waals surface area contributed by atoms with E-state index in [-0.39, 0.29) is 41.1 Å². The number of aliphatic carboxylic acids is 2. The van der Waals surface area contributed by atoms with Crippen LogP contribution in [0.25, 0.3) is 33.8 Å². The summed E-state index contributed by atoms with van der Waals surface area (Å²) in [6.07, 6.45) is 7.62. The quantitative estimate of drug-likeness (QED) is 0.0169. The smallest absolute Gasteiger partial charge is 0.546 e. The second-order valence-corrected chi connectivity index (χ2v) is 27.4. The number of benzene rings is 4. The van der Waals surface area contributed by atoms with Crippen LogP contribution in [0.2, 0.25) is 19.6 Å². The van der Waals surface area contributed by atoms with Gasteiger partial charge in [-0.25, -0.2) is 9.59 Å². The van der Waals surface area contributed by atoms with Crippen molar-refractivity contribution in [1.29, 1.82) is 0 Å². The van der Waals surface area contributed by atoms with Gasteiger partial charge in [-0.15, -0.1) is 12.0 Å². The number of aromatic nitrogens is 3. The van der Waals surface area contributed by atoms with E-state index in [1.807, 2.05) is 0 Å². The molecule has 7 aromatic rings. The van der Waals surface area contributed by atoms with Gasteiger partial charge >= 0.3 is 41.5 Å². The van der Waals surface area contributed by atoms with Crippen molar-refractivity contribution in [3.63, 3.8) is 0 Å². The zero-order chi connectivity index (χ0) is 63.0. The van der Waals surface area contributed by atoms with E-state index in [0.29, 0.717) is 50.8 Å². The Kier molecular flexibility index (Phi) is 37.7. The topological polar surface area (TPSA) is 297 Å². The first-order valence-electron chi connectivity index (χ1n) is 25.2. The van der Waals surface area contributed by atoms with Gasteiger partial charge < -0.3 is 68.2 Å². The largest absolute Gasteiger partial charge is 1.00 e. The molecule has 3 atom stereocenters. The first-order valence-corrected chi connectivity index (χ1v) is 31.9. The van der Waals surface area contributed by atoms with Crippen LogP contribution in [0.3, 0.4) is 0 Å². The van der Waals surface area contributed by atoms with Gasteiger partial charge in [-0.05, 0) is 134 Å². The minimum Gasteiger partial charge on any atom is -0.546 e. The Morgan fingerprint density at radius 3 is 1.37 bits per heavy atom. The van der Waals surface area contributed by atoms with Gasteiger partial charge in [0.05, 0.1) is 12.2 Å². The monoisotopic (exact) mass is 1440 g/mol. The molecule has 0 amide bonds. The summed E-state index contributed by atoms with van der Waals surface area (Å²) in [5.74, 6) is -1.74. The fraction of sp³-hybridized carbons (Fsp3) is 0.328. The number of aliphatic hydroxyl groups excluding tert-OH is 1. The average molecular weight is 1450 g/mol. The molecule has 0 bridgehead atoms. The number of phenols is 2. The molecule has 0 aliphatic rings. The Balaban J connectivity index is 0.000000985. The third kappa shape index (κ3) is 31.9. The van der Waals surface area contributed by atoms with Crippen LogP contribution in [0.4, 0.5) is 0 Å². The summed E-state index contributed by atoms with van der Waals surface area (Å²) in [6.45, 7) is 26.1. The molecule has 0 spiro atoms. The van der Waals surface area contributed by atoms with Crippen molar-refractivity contribution in [2.45, 2.75) is 106 Å². The van der Waals surface area contributed by atoms with Gasteiger partial charge in [0.1, 0.15) is 84.8 Å². The van der Waals surface area contributed by atoms with Crippen LogP contribution in [0.1, 0.15) is 67.9 Å². The number of nitrogens with zero attached hydrogens (tertiary/aromatic N) is 5. The third-order valence-corrected chi connectivity index (χ3v) is 12.8. The number of oxime groups is 1. The first kappa shape index (κ1) is 78.2. The van der Waals surface area contributed by atoms with Crippen LogP contribution in [0.15, 0.2) is 146 Å². The summed E-state index contributed by atoms with van der Waals surface area (Å²) >= 11 is 13.2. The van der Waals surface area contributed by atoms with Gasteiger partial charge in [0.15, 0.2) is 6.10 Å². The Hall–Kier alpha value is -5.79. The van der Waals surface area contributed by atoms with E-state index < -0.39 is 49.9 Å². The summed E-state index contributed by atoms with van der Waals surface area (Å²) in [4.78, 5) is 34.6. The van der Waals surface area contributed by atoms with Gasteiger partial charge in [-0.3, -0.25) is 0 Å². The van der Waals surface area contributed by atoms with E-state index in [1.54, 1.807) is 106 Å². The molecule has 0 saturated heterocycles. The van der Waals surface area contributed by atoms with Gasteiger partial charge in [0.25, 0.3) is 0 Å². The van der Waals surface area contributed by atoms with Crippen LogP contribution in [0.5, 0.6) is 23.0 Å². The van der Waals surface area contributed by atoms with E-state index in [2.05, 4.69) is 140 Å². The number of rotatable bonds is 14. The van der Waals surface area contributed by atoms with Gasteiger partial charge in [-0.2, -0.15) is 0 Å². The normalized spacial score (nSPS) is 11.5. The third-order valence-electron chi connectivity index (χ3n) is 9.98. The number of carboxylic acids is 2. The molecule has 3 aromatic heterocycles. The molecular weight excluding hydrogens is 1380 g/mol. The maximum atomic E-state index is 10.8. The Morgan fingerprint density at radius 1 is 0.690 bits per heavy atom. The predicted molar refractivity (Wildman–Crippen MR) is 332 cm³/mol. The predicted octanol–water partition coefficient (Wildman–Crippen LogP) is 9.91. The molecule has 0 unspecified atom stereocenters. The number of carbonyl (C=O) groups excluding carboxylic acids is 2. The number of ether oxygens (including phenoxy) is 3. The van der Waals surface area contributed by atoms with Crippen molar-refractivity contribution in [3.8, 4) is 68.7 Å². The van der Waals surface area contributed by atoms with Crippen molar-refractivity contribution in [3.05, 3.63) is 133 Å². The summed E-state index contributed by atoms with van der Waals surface area (Å²) in [6, 6.07) is 25.5. The molecule has 0 aliphatic carbocycles. The van der Waals surface area contributed by atoms with Crippen molar-refractivity contribution in [1.82, 2.24) is 20.4 Å². The van der Waals surface area contributed by atoms with Crippen LogP contribution in [0, 0.1) is 12.0 Å². The van der Waals surface area contributed by atoms with E-state index in [9.17, 15) is 24.6 Å². The SMILES string of the molecule is C#C[Si](C)(C)C.CCN(CC)CC.C[C@@H](O)C(=O)OC(C)(C)C.C[C@H](Oc1ccc(Br)cc1-c1ccon1)C(=O)O.C[C@H](Oc1ccc(Br)cc1-c1ccon1)C(=O)[O-].O/N=C/c1cc(Br)ccc1O.Oc1ccc(Br)cc1-c1ccon1.[Na+]. The number of phenolic OH excluding ortho intramolecular Hbond substituents is 2. The van der Waals surface area contributed by atoms with Crippen molar-refractivity contribution in [2.24, 2.45) is 5.16 Å². The molecule has 7 rings (SSSR count). The van der Waals surface area contributed by atoms with Crippen LogP contribution >= 0.6 is 63.7 Å². The number of halogens is 4. The number of hydrogen-bond acceptors (Lipinski definition) is 19. The molecule has 0 saturated carbocycles. The van der Waals surface area contributed by atoms with Crippen molar-refractivity contribution in [2.75, 3.05) is 19.6 Å². The standard InChI is InChI=1S/2C12H10BrNO4.C9H6BrNO2.C7H6BrNO2.C7H14O3.C6H15N.C5H10Si.Na/c2*1-7(12(15)16)18-11-3-2-8(13)6-9(11)10-4-5-17-14-10;10-6-1-2-9(12)7(5-6)8-3-4-13-11-8;8-6-1-2-7(10)5(3-6)4-9-11;1-5(8)6(9)10-7(2,3)4;1-4-7(5-2)6-3;1-5-6(2,3)4;/h2*2-7H,1H3,(H,15,16);1-5,12H;1-4,10-11H;5,8H,1-4H3;4-6H2,1-3H3;1H,2-4H3;/q;;;;;;;+1/p-1/b;;;9-4+;;;;/t2*7-;;;5-;;;/m00..1.../s1. The summed E-state index contributed by atoms with van der Waals surface area (Å²) in [5, 5.41) is 69.2. The van der Waals surface area contributed by atoms with Gasteiger partial charge in [-0.1, -0.05) is 125 Å². The molecule has 0 radical (unpaired) electrons. The first-order chi connectivity index (χ1) is 38.9. The van der Waals surface area contributed by atoms with E-state index in [4.69, 9.17) is 50.2 Å². The number of aromatic hydroxyl groups is 2. The second-order valence-electron chi connectivity index (χ2n) is 18.9. The van der Waals surface area contributed by atoms with E-state index in [1.165, 1.54) is 71.5 Å².